The van der Waals surface area contributed by atoms with Gasteiger partial charge in [0.1, 0.15) is 0 Å². The van der Waals surface area contributed by atoms with Gasteiger partial charge in [0.05, 0.1) is 0 Å². The van der Waals surface area contributed by atoms with Crippen LogP contribution in [0.25, 0.3) is 16.5 Å². The van der Waals surface area contributed by atoms with E-state index >= 15 is 0 Å². The normalized spacial score (nSPS) is 9.53. The fourth-order valence-electron chi connectivity index (χ4n) is 1.09. The van der Waals surface area contributed by atoms with Gasteiger partial charge in [0.25, 0.3) is 0 Å². The van der Waals surface area contributed by atoms with Crippen molar-refractivity contribution in [2.45, 2.75) is 6.42 Å². The van der Waals surface area contributed by atoms with Crippen molar-refractivity contribution in [1.29, 1.82) is 0 Å². The van der Waals surface area contributed by atoms with E-state index in [1.807, 2.05) is 36.4 Å². The van der Waals surface area contributed by atoms with Gasteiger partial charge < -0.3 is 0 Å². The van der Waals surface area contributed by atoms with Crippen molar-refractivity contribution in [3.8, 4) is 12.3 Å². The number of hydrogen-bond acceptors (Lipinski definition) is 1. The molecule has 0 saturated heterocycles. The first-order chi connectivity index (χ1) is 7.36. The Morgan fingerprint density at radius 3 is 2.73 bits per heavy atom. The van der Waals surface area contributed by atoms with Crippen LogP contribution in [0.3, 0.4) is 0 Å². The molecule has 0 N–H and O–H groups in total. The minimum atomic E-state index is 0.495. The third-order valence-electron chi connectivity index (χ3n) is 1.85. The highest BCUT2D eigenvalue weighted by molar-refractivity contribution is 5.51. The molecule has 0 aliphatic rings. The van der Waals surface area contributed by atoms with Gasteiger partial charge in [0.2, 0.25) is 0 Å². The molecule has 3 nitrogen and oxygen atoms in total. The molecule has 0 bridgehead atoms. The highest BCUT2D eigenvalue weighted by Gasteiger charge is 1.87. The van der Waals surface area contributed by atoms with Gasteiger partial charge in [-0.1, -0.05) is 35.3 Å². The Hall–Kier alpha value is -2.17. The van der Waals surface area contributed by atoms with E-state index in [4.69, 9.17) is 12.0 Å². The van der Waals surface area contributed by atoms with Crippen molar-refractivity contribution in [3.05, 3.63) is 51.9 Å². The lowest BCUT2D eigenvalue weighted by Crippen LogP contribution is -1.76. The molecule has 0 unspecified atom stereocenters. The fraction of sp³-hybridized carbons (Fsp3) is 0.167. The number of benzene rings is 1. The fourth-order valence-corrected chi connectivity index (χ4v) is 1.09. The van der Waals surface area contributed by atoms with Crippen molar-refractivity contribution < 1.29 is 0 Å². The van der Waals surface area contributed by atoms with E-state index in [1.165, 1.54) is 0 Å². The third-order valence-corrected chi connectivity index (χ3v) is 1.85. The van der Waals surface area contributed by atoms with Crippen molar-refractivity contribution in [1.82, 2.24) is 0 Å². The van der Waals surface area contributed by atoms with Crippen molar-refractivity contribution in [3.63, 3.8) is 0 Å². The van der Waals surface area contributed by atoms with Crippen LogP contribution < -0.4 is 0 Å². The van der Waals surface area contributed by atoms with Gasteiger partial charge in [0.15, 0.2) is 0 Å². The average Bonchev–Trinajstić information content (AvgIpc) is 2.30. The van der Waals surface area contributed by atoms with E-state index in [0.29, 0.717) is 6.54 Å². The lowest BCUT2D eigenvalue weighted by Gasteiger charge is -1.93. The molecule has 1 rings (SSSR count). The molecule has 0 saturated carbocycles. The number of nitrogens with zero attached hydrogens (tertiary/aromatic N) is 3. The largest absolute Gasteiger partial charge is 0.115 e. The van der Waals surface area contributed by atoms with E-state index in [0.717, 1.165) is 17.5 Å². The zero-order valence-electron chi connectivity index (χ0n) is 8.30. The number of azide groups is 1. The van der Waals surface area contributed by atoms with Crippen molar-refractivity contribution in [2.24, 2.45) is 5.11 Å². The van der Waals surface area contributed by atoms with Crippen LogP contribution in [0.4, 0.5) is 0 Å². The summed E-state index contributed by atoms with van der Waals surface area (Å²) in [5.41, 5.74) is 10.0. The van der Waals surface area contributed by atoms with Gasteiger partial charge in [-0.15, -0.1) is 6.42 Å². The smallest absolute Gasteiger partial charge is 0.0292 e. The number of terminal acetylenes is 1. The minimum Gasteiger partial charge on any atom is -0.115 e. The topological polar surface area (TPSA) is 48.8 Å². The molecule has 0 fully saturated rings. The molecule has 74 valence electrons. The van der Waals surface area contributed by atoms with Crippen molar-refractivity contribution >= 4 is 6.08 Å². The molecule has 0 atom stereocenters. The second kappa shape index (κ2) is 6.31. The van der Waals surface area contributed by atoms with Gasteiger partial charge in [-0.2, -0.15) is 0 Å². The lowest BCUT2D eigenvalue weighted by molar-refractivity contribution is 0.996. The maximum absolute atomic E-state index is 8.06. The summed E-state index contributed by atoms with van der Waals surface area (Å²) in [4.78, 5) is 2.67. The molecule has 1 aromatic carbocycles. The molecule has 0 aliphatic heterocycles. The van der Waals surface area contributed by atoms with Crippen LogP contribution in [0.2, 0.25) is 0 Å². The molecular weight excluding hydrogens is 186 g/mol. The van der Waals surface area contributed by atoms with Crippen LogP contribution >= 0.6 is 0 Å². The summed E-state index contributed by atoms with van der Waals surface area (Å²) in [6, 6.07) is 7.71. The SMILES string of the molecule is C#Cc1ccc(C=CCCN=[N+]=[N-])cc1. The summed E-state index contributed by atoms with van der Waals surface area (Å²) < 4.78 is 0. The van der Waals surface area contributed by atoms with Gasteiger partial charge in [0, 0.05) is 17.0 Å². The van der Waals surface area contributed by atoms with E-state index in [2.05, 4.69) is 15.9 Å². The van der Waals surface area contributed by atoms with Crippen LogP contribution in [0.5, 0.6) is 0 Å². The Morgan fingerprint density at radius 2 is 2.13 bits per heavy atom. The first-order valence-electron chi connectivity index (χ1n) is 4.61. The standard InChI is InChI=1S/C12H11N3/c1-2-11-6-8-12(9-7-11)5-3-4-10-14-15-13/h1,3,5-9H,4,10H2. The van der Waals surface area contributed by atoms with Gasteiger partial charge >= 0.3 is 0 Å². The van der Waals surface area contributed by atoms with Gasteiger partial charge in [-0.3, -0.25) is 0 Å². The Labute approximate surface area is 89.1 Å². The van der Waals surface area contributed by atoms with Crippen molar-refractivity contribution in [2.75, 3.05) is 6.54 Å². The predicted octanol–water partition coefficient (Wildman–Crippen LogP) is 3.38. The molecule has 15 heavy (non-hydrogen) atoms. The van der Waals surface area contributed by atoms with Gasteiger partial charge in [-0.25, -0.2) is 0 Å². The second-order valence-electron chi connectivity index (χ2n) is 2.91. The van der Waals surface area contributed by atoms with Crippen LogP contribution in [0, 0.1) is 12.3 Å². The lowest BCUT2D eigenvalue weighted by atomic mass is 10.1. The molecule has 0 spiro atoms. The van der Waals surface area contributed by atoms with E-state index in [-0.39, 0.29) is 0 Å². The molecule has 0 radical (unpaired) electrons. The molecular formula is C12H11N3. The quantitative estimate of drug-likeness (QED) is 0.233. The zero-order chi connectivity index (χ0) is 10.9. The molecule has 0 aliphatic carbocycles. The third kappa shape index (κ3) is 4.04. The first kappa shape index (κ1) is 10.9. The maximum Gasteiger partial charge on any atom is 0.0292 e. The van der Waals surface area contributed by atoms with E-state index in [9.17, 15) is 0 Å². The highest BCUT2D eigenvalue weighted by atomic mass is 15.1. The molecule has 0 heterocycles. The van der Waals surface area contributed by atoms with Crippen LogP contribution in [0.1, 0.15) is 17.5 Å². The van der Waals surface area contributed by atoms with Crippen LogP contribution in [-0.2, 0) is 0 Å². The van der Waals surface area contributed by atoms with E-state index in [1.54, 1.807) is 0 Å². The zero-order valence-corrected chi connectivity index (χ0v) is 8.30. The van der Waals surface area contributed by atoms with E-state index < -0.39 is 0 Å². The summed E-state index contributed by atoms with van der Waals surface area (Å²) in [7, 11) is 0. The number of rotatable bonds is 4. The maximum atomic E-state index is 8.06. The highest BCUT2D eigenvalue weighted by Crippen LogP contribution is 2.05. The molecule has 0 amide bonds. The summed E-state index contributed by atoms with van der Waals surface area (Å²) in [5, 5.41) is 3.43. The van der Waals surface area contributed by atoms with Gasteiger partial charge in [-0.05, 0) is 29.6 Å². The first-order valence-corrected chi connectivity index (χ1v) is 4.61. The predicted molar refractivity (Wildman–Crippen MR) is 62.0 cm³/mol. The average molecular weight is 197 g/mol. The summed E-state index contributed by atoms with van der Waals surface area (Å²) in [6.07, 6.45) is 9.94. The molecule has 1 aromatic rings. The molecule has 0 aromatic heterocycles. The molecule has 3 heteroatoms. The Balaban J connectivity index is 2.50. The Kier molecular flexibility index (Phi) is 4.59. The Bertz CT molecular complexity index is 417. The summed E-state index contributed by atoms with van der Waals surface area (Å²) >= 11 is 0. The number of hydrogen-bond donors (Lipinski definition) is 0. The van der Waals surface area contributed by atoms with Crippen LogP contribution in [0.15, 0.2) is 35.5 Å². The minimum absolute atomic E-state index is 0.495. The monoisotopic (exact) mass is 197 g/mol. The Morgan fingerprint density at radius 1 is 1.40 bits per heavy atom. The summed E-state index contributed by atoms with van der Waals surface area (Å²) in [5.74, 6) is 2.56. The second-order valence-corrected chi connectivity index (χ2v) is 2.91. The summed E-state index contributed by atoms with van der Waals surface area (Å²) in [6.45, 7) is 0.495. The van der Waals surface area contributed by atoms with Crippen LogP contribution in [-0.4, -0.2) is 6.54 Å².